The first-order chi connectivity index (χ1) is 51.5. The molecule has 3 aromatic carbocycles. The number of nitrogen functional groups attached to an aromatic ring is 1. The number of pyridine rings is 3. The molecule has 2 atom stereocenters. The third-order valence-electron chi connectivity index (χ3n) is 13.8. The summed E-state index contributed by atoms with van der Waals surface area (Å²) < 4.78 is 49.6. The van der Waals surface area contributed by atoms with Crippen molar-refractivity contribution in [3.63, 3.8) is 0 Å². The van der Waals surface area contributed by atoms with Gasteiger partial charge in [0.1, 0.15) is 34.2 Å². The Kier molecular flexibility index (Phi) is 46.1. The van der Waals surface area contributed by atoms with Crippen molar-refractivity contribution in [3.05, 3.63) is 199 Å². The number of hydrazine groups is 1. The minimum Gasteiger partial charge on any atom is -1.00 e. The van der Waals surface area contributed by atoms with Crippen LogP contribution in [0.2, 0.25) is 15.3 Å². The number of aromatic nitrogens is 9. The van der Waals surface area contributed by atoms with Gasteiger partial charge >= 0.3 is 163 Å². The number of nitrogens with two attached hydrogens (primary N) is 1. The maximum Gasteiger partial charge on any atom is 1.00 e. The largest absolute Gasteiger partial charge is 1.00 e. The summed E-state index contributed by atoms with van der Waals surface area (Å²) in [5, 5.41) is 58.3. The molecule has 0 saturated carbocycles. The van der Waals surface area contributed by atoms with E-state index in [1.807, 2.05) is 86.0 Å². The van der Waals surface area contributed by atoms with Gasteiger partial charge in [-0.3, -0.25) is 20.5 Å². The Hall–Kier alpha value is -7.32. The summed E-state index contributed by atoms with van der Waals surface area (Å²) >= 11 is 19.9. The number of hydrogen-bond donors (Lipinski definition) is 7. The molecule has 39 heteroatoms. The smallest absolute Gasteiger partial charge is 1.00 e. The Morgan fingerprint density at radius 1 is 0.691 bits per heavy atom. The third kappa shape index (κ3) is 29.0. The second kappa shape index (κ2) is 51.3. The molecule has 8 N–H and O–H groups in total. The van der Waals surface area contributed by atoms with Crippen LogP contribution in [0.3, 0.4) is 0 Å². The number of aromatic hydroxyl groups is 2. The van der Waals surface area contributed by atoms with E-state index in [4.69, 9.17) is 89.2 Å². The molecule has 0 amide bonds. The Balaban J connectivity index is 0.000000668. The normalized spacial score (nSPS) is 11.7. The van der Waals surface area contributed by atoms with E-state index in [0.717, 1.165) is 43.4 Å². The van der Waals surface area contributed by atoms with E-state index in [-0.39, 0.29) is 177 Å². The maximum atomic E-state index is 12.2. The standard InChI is InChI=1S/C20H19N3O4.C13H13ClN3O3.C11H10ClN3O3.C10H16O5.C7H9BO3.C6H7ClN2.C3H7I.CH2O3.2K.H/c1-4-26-20(25)15-11-21-23-17-10-6-9-16(22(17)13(3)27-19(15)23)14-8-5-7-12(2)18(14)24;1-3-19-13(18)9-7-15-17-11-6-4-5-10(14)16(11)8(2)20-12(9)17;1-2-18-11(17)7-6-13-15(10(7)16)9-5-3-4-8(12)14-9;1-4-13-7-8(9(11)14-5-2)10(12)15-6-3;1-5-3-2-4-6(7(5)9)8(10)11;7-5-2-1-3-6(4-5)9-8;1-3(2)4;2-1-4-3;;;/h5-11,13H,4H2,1-3H3;4-8H,3H2,1-2H3;3-6,13H,2H2,1H3;7H,4-6H2,1-3H3;2-4,9-11H,1H3;1-4,9H,8H2;3H,1-2H3;1,3H;;;/q;+1;;;;;;;2*+1;-1. The van der Waals surface area contributed by atoms with Crippen molar-refractivity contribution in [2.24, 2.45) is 5.84 Å². The van der Waals surface area contributed by atoms with E-state index in [9.17, 15) is 39.0 Å². The topological polar surface area (TPSA) is 422 Å². The van der Waals surface area contributed by atoms with Gasteiger partial charge in [0.25, 0.3) is 12.0 Å². The molecular weight excluding hydrogens is 1670 g/mol. The molecule has 580 valence electrons. The van der Waals surface area contributed by atoms with Crippen LogP contribution in [-0.2, 0) is 47.7 Å². The fraction of sp³-hybridized carbons (Fsp3) is 0.296. The molecule has 6 aromatic heterocycles. The predicted molar refractivity (Wildman–Crippen MR) is 404 cm³/mol. The summed E-state index contributed by atoms with van der Waals surface area (Å²) in [6.45, 7) is 23.2. The first kappa shape index (κ1) is 98.8. The van der Waals surface area contributed by atoms with Crippen LogP contribution in [0.15, 0.2) is 150 Å². The van der Waals surface area contributed by atoms with Crippen LogP contribution >= 0.6 is 57.4 Å². The molecular formula is C71H84BCl3IK2N11O21+2. The third-order valence-corrected chi connectivity index (χ3v) is 14.5. The summed E-state index contributed by atoms with van der Waals surface area (Å²) in [6.07, 6.45) is 4.49. The molecule has 9 aromatic rings. The average molecular weight is 1750 g/mol. The van der Waals surface area contributed by atoms with Crippen molar-refractivity contribution >= 4 is 112 Å². The molecule has 11 rings (SSSR count). The summed E-state index contributed by atoms with van der Waals surface area (Å²) in [5.74, 6) is 4.74. The first-order valence-corrected chi connectivity index (χ1v) is 35.3. The van der Waals surface area contributed by atoms with E-state index in [1.54, 1.807) is 106 Å². The number of esters is 5. The minimum atomic E-state index is -1.60. The van der Waals surface area contributed by atoms with E-state index < -0.39 is 48.8 Å². The average Bonchev–Trinajstić information content (AvgIpc) is 1.69. The maximum absolute atomic E-state index is 12.2. The molecule has 0 bridgehead atoms. The van der Waals surface area contributed by atoms with Crippen molar-refractivity contribution in [2.75, 3.05) is 45.1 Å². The Bertz CT molecular complexity index is 4560. The number of aromatic amines is 1. The number of H-pyrrole nitrogens is 1. The van der Waals surface area contributed by atoms with Crippen LogP contribution in [0.5, 0.6) is 23.3 Å². The number of phenols is 2. The number of hydrogen-bond acceptors (Lipinski definition) is 26. The monoisotopic (exact) mass is 1750 g/mol. The van der Waals surface area contributed by atoms with Crippen molar-refractivity contribution in [2.45, 2.75) is 99.5 Å². The molecule has 0 radical (unpaired) electrons. The fourth-order valence-electron chi connectivity index (χ4n) is 9.17. The van der Waals surface area contributed by atoms with Gasteiger partial charge < -0.3 is 75.2 Å². The number of nitrogens with zero attached hydrogens (tertiary/aromatic N) is 8. The van der Waals surface area contributed by atoms with Gasteiger partial charge in [-0.15, -0.1) is 0 Å². The van der Waals surface area contributed by atoms with Gasteiger partial charge in [-0.2, -0.15) is 9.13 Å². The number of nitrogens with one attached hydrogen (secondary N) is 2. The van der Waals surface area contributed by atoms with Crippen LogP contribution in [0.1, 0.15) is 125 Å². The number of ether oxygens (including phenoxy) is 8. The molecule has 32 nitrogen and oxygen atoms in total. The number of anilines is 1. The van der Waals surface area contributed by atoms with Gasteiger partial charge in [0.15, 0.2) is 27.7 Å². The molecule has 0 saturated heterocycles. The van der Waals surface area contributed by atoms with Crippen LogP contribution in [-0.4, -0.2) is 142 Å². The number of para-hydroxylation sites is 2. The second-order valence-corrected chi connectivity index (χ2v) is 25.4. The molecule has 0 spiro atoms. The predicted octanol–water partition coefficient (Wildman–Crippen LogP) is 2.64. The fourth-order valence-corrected chi connectivity index (χ4v) is 9.82. The van der Waals surface area contributed by atoms with Gasteiger partial charge in [-0.1, -0.05) is 122 Å². The van der Waals surface area contributed by atoms with Gasteiger partial charge in [-0.05, 0) is 139 Å². The molecule has 8 heterocycles. The summed E-state index contributed by atoms with van der Waals surface area (Å²) in [5.41, 5.74) is 6.15. The quantitative estimate of drug-likeness (QED) is 0.00545. The van der Waals surface area contributed by atoms with Crippen molar-refractivity contribution in [1.82, 2.24) is 34.3 Å². The zero-order chi connectivity index (χ0) is 80.3. The number of phenolic OH excluding ortho intramolecular Hbond substituents is 2. The summed E-state index contributed by atoms with van der Waals surface area (Å²) in [7, 11) is -1.60. The van der Waals surface area contributed by atoms with Crippen LogP contribution in [0, 0.1) is 13.8 Å². The zero-order valence-corrected chi connectivity index (χ0v) is 73.5. The number of halogens is 4. The van der Waals surface area contributed by atoms with E-state index in [1.165, 1.54) is 29.3 Å². The van der Waals surface area contributed by atoms with E-state index in [2.05, 4.69) is 76.5 Å². The Morgan fingerprint density at radius 2 is 1.15 bits per heavy atom. The number of carbonyl (C=O) groups is 6. The Labute approximate surface area is 749 Å². The van der Waals surface area contributed by atoms with Gasteiger partial charge in [0.2, 0.25) is 12.5 Å². The Morgan fingerprint density at radius 3 is 1.62 bits per heavy atom. The van der Waals surface area contributed by atoms with Crippen LogP contribution < -0.4 is 149 Å². The van der Waals surface area contributed by atoms with Crippen LogP contribution in [0.25, 0.3) is 28.7 Å². The molecule has 2 unspecified atom stereocenters. The number of carbonyl (C=O) groups excluding carboxylic acids is 6. The second-order valence-electron chi connectivity index (χ2n) is 21.7. The number of fused-ring (bicyclic) bond motifs is 6. The SMILES string of the molecule is CC(C)I.CCOC(=O)c1c[nH]n(-c2cccc(Cl)n2)c1=O.CCOC(=O)c1cnn2c1OC(C)[n+]1c(-c3cccc(C)c3O)cccc1-2.CCOC(=O)c1cnn2c1OC(C)[n+]1c(Cl)cccc1-2.CCOC=C(C(=O)OCC)C(=O)OCC.Cc1cccc(B(O)O)c1O.NNc1cccc(Cl)c1.O=CO[O-].[H-].[K+].[K+]. The van der Waals surface area contributed by atoms with E-state index >= 15 is 0 Å². The molecule has 110 heavy (non-hydrogen) atoms. The van der Waals surface area contributed by atoms with Crippen molar-refractivity contribution in [3.8, 4) is 52.0 Å². The minimum absolute atomic E-state index is 0. The van der Waals surface area contributed by atoms with Crippen molar-refractivity contribution < 1.29 is 210 Å². The van der Waals surface area contributed by atoms with E-state index in [0.29, 0.717) is 63.2 Å². The number of aryl methyl sites for hydroxylation is 2. The number of rotatable bonds is 17. The molecule has 2 aliphatic rings. The summed E-state index contributed by atoms with van der Waals surface area (Å²) in [4.78, 5) is 85.3. The van der Waals surface area contributed by atoms with Gasteiger partial charge in [0.05, 0.1) is 57.6 Å². The molecule has 0 aliphatic carbocycles. The van der Waals surface area contributed by atoms with Crippen LogP contribution in [0.4, 0.5) is 5.69 Å². The molecule has 0 fully saturated rings. The van der Waals surface area contributed by atoms with Crippen molar-refractivity contribution in [1.29, 1.82) is 0 Å². The zero-order valence-electron chi connectivity index (χ0n) is 63.8. The van der Waals surface area contributed by atoms with Gasteiger partial charge in [0, 0.05) is 52.3 Å². The number of benzene rings is 3. The first-order valence-electron chi connectivity index (χ1n) is 32.9. The van der Waals surface area contributed by atoms with Gasteiger partial charge in [-0.25, -0.2) is 33.6 Å². The summed E-state index contributed by atoms with van der Waals surface area (Å²) in [6, 6.07) is 33.6. The molecule has 2 aliphatic heterocycles. The number of alkyl halides is 1.